The van der Waals surface area contributed by atoms with E-state index in [2.05, 4.69) is 9.47 Å². The fourth-order valence-corrected chi connectivity index (χ4v) is 2.87. The van der Waals surface area contributed by atoms with Crippen molar-refractivity contribution in [1.29, 1.82) is 0 Å². The minimum absolute atomic E-state index is 0.0493. The number of ether oxygens (including phenoxy) is 3. The maximum atomic E-state index is 11.7. The molecular formula is C11H15NO7. The number of carboxylic acids is 1. The highest BCUT2D eigenvalue weighted by Gasteiger charge is 2.70. The van der Waals surface area contributed by atoms with Gasteiger partial charge in [0.1, 0.15) is 5.54 Å². The lowest BCUT2D eigenvalue weighted by molar-refractivity contribution is -0.156. The first-order valence-electron chi connectivity index (χ1n) is 5.81. The Morgan fingerprint density at radius 3 is 2.63 bits per heavy atom. The lowest BCUT2D eigenvalue weighted by Crippen LogP contribution is -2.49. The van der Waals surface area contributed by atoms with Gasteiger partial charge in [-0.2, -0.15) is 0 Å². The van der Waals surface area contributed by atoms with Gasteiger partial charge in [0.2, 0.25) is 6.79 Å². The van der Waals surface area contributed by atoms with Gasteiger partial charge in [0.25, 0.3) is 0 Å². The Labute approximate surface area is 108 Å². The van der Waals surface area contributed by atoms with Gasteiger partial charge in [-0.15, -0.1) is 0 Å². The Kier molecular flexibility index (Phi) is 3.36. The molecule has 0 heterocycles. The summed E-state index contributed by atoms with van der Waals surface area (Å²) in [5.74, 6) is -2.64. The summed E-state index contributed by atoms with van der Waals surface area (Å²) >= 11 is 0. The van der Waals surface area contributed by atoms with Crippen molar-refractivity contribution in [2.75, 3.05) is 13.9 Å². The van der Waals surface area contributed by atoms with Crippen molar-refractivity contribution in [3.8, 4) is 0 Å². The van der Waals surface area contributed by atoms with Crippen LogP contribution < -0.4 is 5.73 Å². The number of fused-ring (bicyclic) bond motifs is 1. The second-order valence-electron chi connectivity index (χ2n) is 4.78. The fourth-order valence-electron chi connectivity index (χ4n) is 2.87. The largest absolute Gasteiger partial charge is 0.510 e. The van der Waals surface area contributed by atoms with Gasteiger partial charge in [0.15, 0.2) is 0 Å². The van der Waals surface area contributed by atoms with E-state index in [1.54, 1.807) is 0 Å². The van der Waals surface area contributed by atoms with Crippen LogP contribution in [0.2, 0.25) is 0 Å². The maximum absolute atomic E-state index is 11.7. The zero-order valence-corrected chi connectivity index (χ0v) is 10.3. The number of hydrogen-bond acceptors (Lipinski definition) is 7. The third-order valence-electron chi connectivity index (χ3n) is 3.87. The van der Waals surface area contributed by atoms with Crippen LogP contribution in [0.5, 0.6) is 0 Å². The monoisotopic (exact) mass is 273 g/mol. The SMILES string of the molecule is COC(=O)OCOC(=O)[C@H]1[C@@H]2CC[C@@](N)(C(=O)O)[C@@H]21. The number of carboxylic acid groups (broad SMARTS) is 1. The molecule has 0 radical (unpaired) electrons. The van der Waals surface area contributed by atoms with E-state index < -0.39 is 42.3 Å². The summed E-state index contributed by atoms with van der Waals surface area (Å²) in [4.78, 5) is 33.4. The molecule has 19 heavy (non-hydrogen) atoms. The normalized spacial score (nSPS) is 35.2. The van der Waals surface area contributed by atoms with E-state index in [1.165, 1.54) is 0 Å². The molecular weight excluding hydrogens is 258 g/mol. The minimum Gasteiger partial charge on any atom is -0.480 e. The zero-order valence-electron chi connectivity index (χ0n) is 10.3. The first-order valence-corrected chi connectivity index (χ1v) is 5.81. The van der Waals surface area contributed by atoms with Crippen LogP contribution in [-0.2, 0) is 23.8 Å². The molecule has 8 heteroatoms. The Morgan fingerprint density at radius 1 is 1.37 bits per heavy atom. The van der Waals surface area contributed by atoms with Crippen LogP contribution in [0.3, 0.4) is 0 Å². The number of esters is 1. The maximum Gasteiger partial charge on any atom is 0.510 e. The molecule has 0 aliphatic heterocycles. The van der Waals surface area contributed by atoms with E-state index >= 15 is 0 Å². The molecule has 2 aliphatic carbocycles. The molecule has 2 rings (SSSR count). The van der Waals surface area contributed by atoms with E-state index in [4.69, 9.17) is 15.6 Å². The minimum atomic E-state index is -1.35. The molecule has 0 aromatic rings. The summed E-state index contributed by atoms with van der Waals surface area (Å²) in [6.45, 7) is -0.550. The summed E-state index contributed by atoms with van der Waals surface area (Å²) < 4.78 is 13.3. The van der Waals surface area contributed by atoms with Gasteiger partial charge in [-0.25, -0.2) is 4.79 Å². The molecule has 106 valence electrons. The quantitative estimate of drug-likeness (QED) is 0.528. The predicted octanol–water partition coefficient (Wildman–Crippen LogP) is -0.292. The third kappa shape index (κ3) is 2.23. The van der Waals surface area contributed by atoms with Gasteiger partial charge in [0, 0.05) is 5.92 Å². The standard InChI is InChI=1S/C11H15NO7/c1-17-10(16)19-4-18-8(13)6-5-2-3-11(12,7(5)6)9(14)15/h5-7H,2-4,12H2,1H3,(H,14,15)/t5-,6-,7-,11-/m0/s1. The number of aliphatic carboxylic acids is 1. The Bertz CT molecular complexity index is 423. The zero-order chi connectivity index (χ0) is 14.2. The molecule has 0 saturated heterocycles. The van der Waals surface area contributed by atoms with Crippen molar-refractivity contribution in [1.82, 2.24) is 0 Å². The van der Waals surface area contributed by atoms with Gasteiger partial charge < -0.3 is 25.1 Å². The Morgan fingerprint density at radius 2 is 2.05 bits per heavy atom. The Hall–Kier alpha value is -1.83. The molecule has 2 saturated carbocycles. The van der Waals surface area contributed by atoms with Gasteiger partial charge in [-0.05, 0) is 18.8 Å². The molecule has 0 unspecified atom stereocenters. The van der Waals surface area contributed by atoms with E-state index in [1.807, 2.05) is 0 Å². The average Bonchev–Trinajstić information content (AvgIpc) is 3.01. The molecule has 3 N–H and O–H groups in total. The van der Waals surface area contributed by atoms with E-state index in [-0.39, 0.29) is 5.92 Å². The fraction of sp³-hybridized carbons (Fsp3) is 0.727. The van der Waals surface area contributed by atoms with Crippen LogP contribution >= 0.6 is 0 Å². The van der Waals surface area contributed by atoms with Crippen LogP contribution in [0, 0.1) is 17.8 Å². The summed E-state index contributed by atoms with van der Waals surface area (Å²) in [5.41, 5.74) is 4.45. The number of carbonyl (C=O) groups is 3. The smallest absolute Gasteiger partial charge is 0.480 e. The lowest BCUT2D eigenvalue weighted by atomic mass is 9.92. The van der Waals surface area contributed by atoms with E-state index in [0.717, 1.165) is 7.11 Å². The van der Waals surface area contributed by atoms with E-state index in [0.29, 0.717) is 12.8 Å². The van der Waals surface area contributed by atoms with Crippen LogP contribution in [0.4, 0.5) is 4.79 Å². The van der Waals surface area contributed by atoms with Gasteiger partial charge in [-0.1, -0.05) is 0 Å². The topological polar surface area (TPSA) is 125 Å². The van der Waals surface area contributed by atoms with Gasteiger partial charge >= 0.3 is 18.1 Å². The highest BCUT2D eigenvalue weighted by atomic mass is 16.8. The average molecular weight is 273 g/mol. The van der Waals surface area contributed by atoms with Crippen molar-refractivity contribution in [2.24, 2.45) is 23.5 Å². The van der Waals surface area contributed by atoms with Crippen molar-refractivity contribution in [3.05, 3.63) is 0 Å². The number of methoxy groups -OCH3 is 1. The van der Waals surface area contributed by atoms with Gasteiger partial charge in [0.05, 0.1) is 13.0 Å². The molecule has 0 bridgehead atoms. The first kappa shape index (κ1) is 13.6. The van der Waals surface area contributed by atoms with Crippen molar-refractivity contribution in [3.63, 3.8) is 0 Å². The van der Waals surface area contributed by atoms with Gasteiger partial charge in [-0.3, -0.25) is 9.59 Å². The lowest BCUT2D eigenvalue weighted by Gasteiger charge is -2.21. The number of hydrogen-bond donors (Lipinski definition) is 2. The molecule has 0 aromatic heterocycles. The van der Waals surface area contributed by atoms with Crippen molar-refractivity contribution in [2.45, 2.75) is 18.4 Å². The summed E-state index contributed by atoms with van der Waals surface area (Å²) in [5, 5.41) is 9.09. The van der Waals surface area contributed by atoms with Crippen LogP contribution in [-0.4, -0.2) is 42.6 Å². The molecule has 2 fully saturated rings. The molecule has 0 amide bonds. The summed E-state index contributed by atoms with van der Waals surface area (Å²) in [7, 11) is 1.13. The van der Waals surface area contributed by atoms with Crippen LogP contribution in [0.1, 0.15) is 12.8 Å². The third-order valence-corrected chi connectivity index (χ3v) is 3.87. The summed E-state index contributed by atoms with van der Waals surface area (Å²) in [6.07, 6.45) is -0.00642. The molecule has 2 aliphatic rings. The predicted molar refractivity (Wildman–Crippen MR) is 58.7 cm³/mol. The second kappa shape index (κ2) is 4.69. The second-order valence-corrected chi connectivity index (χ2v) is 4.78. The molecule has 0 spiro atoms. The highest BCUT2D eigenvalue weighted by Crippen LogP contribution is 2.61. The van der Waals surface area contributed by atoms with Crippen molar-refractivity contribution >= 4 is 18.1 Å². The number of carbonyl (C=O) groups excluding carboxylic acids is 2. The first-order chi connectivity index (χ1) is 8.91. The number of nitrogens with two attached hydrogens (primary N) is 1. The number of rotatable bonds is 4. The van der Waals surface area contributed by atoms with Crippen LogP contribution in [0.15, 0.2) is 0 Å². The van der Waals surface area contributed by atoms with Crippen LogP contribution in [0.25, 0.3) is 0 Å². The molecule has 8 nitrogen and oxygen atoms in total. The van der Waals surface area contributed by atoms with E-state index in [9.17, 15) is 14.4 Å². The Balaban J connectivity index is 1.84. The van der Waals surface area contributed by atoms with Crippen molar-refractivity contribution < 1.29 is 33.7 Å². The summed E-state index contributed by atoms with van der Waals surface area (Å²) in [6, 6.07) is 0. The molecule has 4 atom stereocenters. The highest BCUT2D eigenvalue weighted by molar-refractivity contribution is 5.85. The molecule has 0 aromatic carbocycles.